The topological polar surface area (TPSA) is 35.5 Å². The summed E-state index contributed by atoms with van der Waals surface area (Å²) < 4.78 is 0. The van der Waals surface area contributed by atoms with Gasteiger partial charge in [0.05, 0.1) is 5.60 Å². The van der Waals surface area contributed by atoms with Gasteiger partial charge in [0.2, 0.25) is 0 Å². The van der Waals surface area contributed by atoms with Gasteiger partial charge < -0.3 is 15.3 Å². The maximum Gasteiger partial charge on any atom is 0.0765 e. The number of hydrogen-bond donors (Lipinski definition) is 2. The normalized spacial score (nSPS) is 20.0. The number of anilines is 1. The van der Waals surface area contributed by atoms with Crippen LogP contribution in [0.2, 0.25) is 0 Å². The predicted octanol–water partition coefficient (Wildman–Crippen LogP) is 2.71. The zero-order valence-electron chi connectivity index (χ0n) is 12.3. The van der Waals surface area contributed by atoms with E-state index in [-0.39, 0.29) is 0 Å². The van der Waals surface area contributed by atoms with Gasteiger partial charge in [-0.25, -0.2) is 0 Å². The van der Waals surface area contributed by atoms with E-state index in [2.05, 4.69) is 41.4 Å². The number of rotatable bonds is 4. The molecular formula is C16H26N2O. The second-order valence-corrected chi connectivity index (χ2v) is 6.05. The molecule has 2 N–H and O–H groups in total. The molecule has 0 saturated heterocycles. The van der Waals surface area contributed by atoms with E-state index in [1.807, 2.05) is 13.8 Å². The molecule has 1 aliphatic rings. The Balaban J connectivity index is 2.30. The van der Waals surface area contributed by atoms with Crippen molar-refractivity contribution in [1.29, 1.82) is 0 Å². The van der Waals surface area contributed by atoms with Crippen molar-refractivity contribution in [2.45, 2.75) is 45.3 Å². The molecule has 1 aliphatic heterocycles. The average molecular weight is 262 g/mol. The number of hydrogen-bond acceptors (Lipinski definition) is 3. The van der Waals surface area contributed by atoms with Crippen LogP contribution in [0.3, 0.4) is 0 Å². The van der Waals surface area contributed by atoms with Crippen molar-refractivity contribution in [2.75, 3.05) is 24.5 Å². The summed E-state index contributed by atoms with van der Waals surface area (Å²) >= 11 is 0. The largest absolute Gasteiger partial charge is 0.389 e. The van der Waals surface area contributed by atoms with Crippen molar-refractivity contribution >= 4 is 5.69 Å². The number of benzene rings is 1. The third-order valence-corrected chi connectivity index (χ3v) is 3.60. The minimum atomic E-state index is -0.662. The summed E-state index contributed by atoms with van der Waals surface area (Å²) in [4.78, 5) is 2.33. The number of β-amino-alcohol motifs (C(OH)–C–C–N with tert-alkyl or cyclic N) is 1. The van der Waals surface area contributed by atoms with Crippen LogP contribution in [-0.4, -0.2) is 30.3 Å². The molecule has 1 unspecified atom stereocenters. The summed E-state index contributed by atoms with van der Waals surface area (Å²) in [6.45, 7) is 8.60. The minimum absolute atomic E-state index is 0.438. The molecule has 0 aromatic heterocycles. The van der Waals surface area contributed by atoms with Crippen LogP contribution in [-0.2, 0) is 0 Å². The van der Waals surface area contributed by atoms with Crippen molar-refractivity contribution in [3.8, 4) is 0 Å². The van der Waals surface area contributed by atoms with E-state index >= 15 is 0 Å². The van der Waals surface area contributed by atoms with Crippen LogP contribution in [0.1, 0.15) is 45.2 Å². The molecule has 1 aromatic carbocycles. The number of fused-ring (bicyclic) bond motifs is 1. The fourth-order valence-electron chi connectivity index (χ4n) is 2.92. The van der Waals surface area contributed by atoms with Crippen LogP contribution in [0, 0.1) is 0 Å². The first-order chi connectivity index (χ1) is 9.01. The Bertz CT molecular complexity index is 411. The van der Waals surface area contributed by atoms with E-state index < -0.39 is 5.60 Å². The molecule has 0 radical (unpaired) electrons. The van der Waals surface area contributed by atoms with Gasteiger partial charge >= 0.3 is 0 Å². The number of nitrogens with zero attached hydrogens (tertiary/aromatic N) is 1. The van der Waals surface area contributed by atoms with Crippen LogP contribution in [0.15, 0.2) is 24.3 Å². The van der Waals surface area contributed by atoms with E-state index in [9.17, 15) is 5.11 Å². The maximum atomic E-state index is 10.1. The first-order valence-corrected chi connectivity index (χ1v) is 7.31. The predicted molar refractivity (Wildman–Crippen MR) is 80.6 cm³/mol. The van der Waals surface area contributed by atoms with Crippen molar-refractivity contribution in [2.24, 2.45) is 0 Å². The summed E-state index contributed by atoms with van der Waals surface area (Å²) in [6, 6.07) is 9.02. The lowest BCUT2D eigenvalue weighted by molar-refractivity contribution is 0.0873. The zero-order chi connectivity index (χ0) is 13.9. The van der Waals surface area contributed by atoms with Gasteiger partial charge in [-0.05, 0) is 44.9 Å². The molecular weight excluding hydrogens is 236 g/mol. The molecule has 19 heavy (non-hydrogen) atoms. The molecule has 0 amide bonds. The van der Waals surface area contributed by atoms with Crippen LogP contribution >= 0.6 is 0 Å². The van der Waals surface area contributed by atoms with Crippen LogP contribution in [0.4, 0.5) is 5.69 Å². The SMILES string of the molecule is CCNC1CCCN(CC(C)(C)O)c2ccccc21. The highest BCUT2D eigenvalue weighted by Crippen LogP contribution is 2.33. The lowest BCUT2D eigenvalue weighted by atomic mass is 10.0. The molecule has 0 saturated carbocycles. The summed E-state index contributed by atoms with van der Waals surface area (Å²) in [6.07, 6.45) is 2.32. The van der Waals surface area contributed by atoms with E-state index in [0.717, 1.165) is 25.9 Å². The van der Waals surface area contributed by atoms with Gasteiger partial charge in [0.1, 0.15) is 0 Å². The van der Waals surface area contributed by atoms with Crippen molar-refractivity contribution in [3.05, 3.63) is 29.8 Å². The molecule has 106 valence electrons. The molecule has 0 aliphatic carbocycles. The quantitative estimate of drug-likeness (QED) is 0.876. The second kappa shape index (κ2) is 5.93. The van der Waals surface area contributed by atoms with Gasteiger partial charge in [0, 0.05) is 24.8 Å². The molecule has 0 spiro atoms. The molecule has 2 rings (SSSR count). The highest BCUT2D eigenvalue weighted by molar-refractivity contribution is 5.56. The standard InChI is InChI=1S/C16H26N2O/c1-4-17-14-9-7-11-18(12-16(2,3)19)15-10-6-5-8-13(14)15/h5-6,8,10,14,17,19H,4,7,9,11-12H2,1-3H3. The Morgan fingerprint density at radius 1 is 1.37 bits per heavy atom. The zero-order valence-corrected chi connectivity index (χ0v) is 12.3. The number of nitrogens with one attached hydrogen (secondary N) is 1. The lowest BCUT2D eigenvalue weighted by Gasteiger charge is -2.31. The van der Waals surface area contributed by atoms with Crippen LogP contribution in [0.5, 0.6) is 0 Å². The van der Waals surface area contributed by atoms with Crippen LogP contribution < -0.4 is 10.2 Å². The van der Waals surface area contributed by atoms with Gasteiger partial charge in [0.15, 0.2) is 0 Å². The number of para-hydroxylation sites is 1. The smallest absolute Gasteiger partial charge is 0.0765 e. The Hall–Kier alpha value is -1.06. The first-order valence-electron chi connectivity index (χ1n) is 7.31. The summed E-state index contributed by atoms with van der Waals surface area (Å²) in [5.74, 6) is 0. The molecule has 1 heterocycles. The first kappa shape index (κ1) is 14.4. The molecule has 1 atom stereocenters. The van der Waals surface area contributed by atoms with E-state index in [1.54, 1.807) is 0 Å². The Morgan fingerprint density at radius 2 is 2.11 bits per heavy atom. The summed E-state index contributed by atoms with van der Waals surface area (Å²) in [5.41, 5.74) is 1.98. The van der Waals surface area contributed by atoms with E-state index in [4.69, 9.17) is 0 Å². The summed E-state index contributed by atoms with van der Waals surface area (Å²) in [5, 5.41) is 13.7. The monoisotopic (exact) mass is 262 g/mol. The Labute approximate surface area is 116 Å². The van der Waals surface area contributed by atoms with Gasteiger partial charge in [-0.1, -0.05) is 25.1 Å². The maximum absolute atomic E-state index is 10.1. The molecule has 0 bridgehead atoms. The van der Waals surface area contributed by atoms with Gasteiger partial charge in [-0.3, -0.25) is 0 Å². The lowest BCUT2D eigenvalue weighted by Crippen LogP contribution is -2.39. The average Bonchev–Trinajstić information content (AvgIpc) is 2.50. The number of aliphatic hydroxyl groups is 1. The van der Waals surface area contributed by atoms with E-state index in [0.29, 0.717) is 12.6 Å². The highest BCUT2D eigenvalue weighted by atomic mass is 16.3. The minimum Gasteiger partial charge on any atom is -0.389 e. The Morgan fingerprint density at radius 3 is 2.79 bits per heavy atom. The Kier molecular flexibility index (Phi) is 4.48. The fraction of sp³-hybridized carbons (Fsp3) is 0.625. The third kappa shape index (κ3) is 3.71. The fourth-order valence-corrected chi connectivity index (χ4v) is 2.92. The second-order valence-electron chi connectivity index (χ2n) is 6.05. The van der Waals surface area contributed by atoms with Crippen molar-refractivity contribution in [3.63, 3.8) is 0 Å². The molecule has 3 heteroatoms. The van der Waals surface area contributed by atoms with Crippen molar-refractivity contribution < 1.29 is 5.11 Å². The van der Waals surface area contributed by atoms with E-state index in [1.165, 1.54) is 11.3 Å². The van der Waals surface area contributed by atoms with Gasteiger partial charge in [0.25, 0.3) is 0 Å². The third-order valence-electron chi connectivity index (χ3n) is 3.60. The molecule has 0 fully saturated rings. The molecule has 3 nitrogen and oxygen atoms in total. The summed E-state index contributed by atoms with van der Waals surface area (Å²) in [7, 11) is 0. The van der Waals surface area contributed by atoms with Crippen LogP contribution in [0.25, 0.3) is 0 Å². The van der Waals surface area contributed by atoms with Gasteiger partial charge in [-0.2, -0.15) is 0 Å². The van der Waals surface area contributed by atoms with Crippen molar-refractivity contribution in [1.82, 2.24) is 5.32 Å². The molecule has 1 aromatic rings. The van der Waals surface area contributed by atoms with Gasteiger partial charge in [-0.15, -0.1) is 0 Å². The highest BCUT2D eigenvalue weighted by Gasteiger charge is 2.25.